The van der Waals surface area contributed by atoms with E-state index in [1.54, 1.807) is 6.33 Å². The highest BCUT2D eigenvalue weighted by Gasteiger charge is 2.22. The topological polar surface area (TPSA) is 31.9 Å². The Bertz CT molecular complexity index is 691. The largest absolute Gasteiger partial charge is 0.347 e. The van der Waals surface area contributed by atoms with E-state index in [0.29, 0.717) is 0 Å². The minimum Gasteiger partial charge on any atom is -0.347 e. The van der Waals surface area contributed by atoms with Crippen LogP contribution in [0.4, 0.5) is 11.4 Å². The van der Waals surface area contributed by atoms with Crippen molar-refractivity contribution in [1.29, 1.82) is 0 Å². The van der Waals surface area contributed by atoms with Crippen LogP contribution in [0.1, 0.15) is 5.69 Å². The van der Waals surface area contributed by atoms with Crippen LogP contribution in [0.5, 0.6) is 0 Å². The SMILES string of the molecule is c1ccc2c(c1)Sc1ccccc1N2Cc1cnc[nH]1. The molecule has 3 nitrogen and oxygen atoms in total. The Kier molecular flexibility index (Phi) is 2.74. The second-order valence-corrected chi connectivity index (χ2v) is 5.78. The molecule has 20 heavy (non-hydrogen) atoms. The number of benzene rings is 2. The monoisotopic (exact) mass is 279 g/mol. The molecular weight excluding hydrogens is 266 g/mol. The van der Waals surface area contributed by atoms with Gasteiger partial charge in [0, 0.05) is 16.0 Å². The van der Waals surface area contributed by atoms with Crippen LogP contribution in [-0.4, -0.2) is 9.97 Å². The van der Waals surface area contributed by atoms with E-state index in [2.05, 4.69) is 63.4 Å². The van der Waals surface area contributed by atoms with Crippen molar-refractivity contribution in [3.8, 4) is 0 Å². The number of anilines is 2. The molecule has 0 fully saturated rings. The highest BCUT2D eigenvalue weighted by molar-refractivity contribution is 7.99. The lowest BCUT2D eigenvalue weighted by Crippen LogP contribution is -2.20. The summed E-state index contributed by atoms with van der Waals surface area (Å²) in [5, 5.41) is 0. The van der Waals surface area contributed by atoms with Crippen molar-refractivity contribution in [1.82, 2.24) is 9.97 Å². The Morgan fingerprint density at radius 2 is 1.60 bits per heavy atom. The number of fused-ring (bicyclic) bond motifs is 2. The molecular formula is C16H13N3S. The number of nitrogens with zero attached hydrogens (tertiary/aromatic N) is 2. The summed E-state index contributed by atoms with van der Waals surface area (Å²) >= 11 is 1.83. The van der Waals surface area contributed by atoms with Gasteiger partial charge in [0.25, 0.3) is 0 Å². The summed E-state index contributed by atoms with van der Waals surface area (Å²) in [6, 6.07) is 17.1. The average Bonchev–Trinajstić information content (AvgIpc) is 3.00. The molecule has 0 bridgehead atoms. The zero-order valence-electron chi connectivity index (χ0n) is 10.8. The molecule has 1 aliphatic heterocycles. The van der Waals surface area contributed by atoms with E-state index in [9.17, 15) is 0 Å². The van der Waals surface area contributed by atoms with Gasteiger partial charge in [0.2, 0.25) is 0 Å². The maximum absolute atomic E-state index is 4.11. The van der Waals surface area contributed by atoms with Gasteiger partial charge in [-0.15, -0.1) is 0 Å². The lowest BCUT2D eigenvalue weighted by Gasteiger charge is -2.32. The molecule has 98 valence electrons. The summed E-state index contributed by atoms with van der Waals surface area (Å²) in [6.07, 6.45) is 3.61. The van der Waals surface area contributed by atoms with Gasteiger partial charge in [-0.1, -0.05) is 36.0 Å². The predicted octanol–water partition coefficient (Wildman–Crippen LogP) is 4.21. The first-order valence-electron chi connectivity index (χ1n) is 6.52. The van der Waals surface area contributed by atoms with E-state index in [-0.39, 0.29) is 0 Å². The van der Waals surface area contributed by atoms with Gasteiger partial charge < -0.3 is 9.88 Å². The van der Waals surface area contributed by atoms with Gasteiger partial charge in [-0.05, 0) is 24.3 Å². The lowest BCUT2D eigenvalue weighted by atomic mass is 10.2. The molecule has 1 aromatic heterocycles. The van der Waals surface area contributed by atoms with E-state index in [0.717, 1.165) is 12.2 Å². The van der Waals surface area contributed by atoms with Crippen LogP contribution in [-0.2, 0) is 6.54 Å². The molecule has 1 N–H and O–H groups in total. The molecule has 0 unspecified atom stereocenters. The number of hydrogen-bond acceptors (Lipinski definition) is 3. The Morgan fingerprint density at radius 3 is 2.20 bits per heavy atom. The number of aromatic amines is 1. The first kappa shape index (κ1) is 11.6. The van der Waals surface area contributed by atoms with Gasteiger partial charge in [-0.2, -0.15) is 0 Å². The number of hydrogen-bond donors (Lipinski definition) is 1. The Balaban J connectivity index is 1.84. The van der Waals surface area contributed by atoms with Gasteiger partial charge >= 0.3 is 0 Å². The van der Waals surface area contributed by atoms with Gasteiger partial charge in [0.05, 0.1) is 29.9 Å². The van der Waals surface area contributed by atoms with Gasteiger partial charge in [-0.3, -0.25) is 0 Å². The minimum absolute atomic E-state index is 0.800. The molecule has 0 amide bonds. The van der Waals surface area contributed by atoms with Crippen molar-refractivity contribution >= 4 is 23.1 Å². The zero-order valence-corrected chi connectivity index (χ0v) is 11.6. The number of para-hydroxylation sites is 2. The molecule has 0 aliphatic carbocycles. The number of imidazole rings is 1. The molecule has 0 radical (unpaired) electrons. The normalized spacial score (nSPS) is 12.9. The molecule has 4 heteroatoms. The molecule has 0 saturated carbocycles. The standard InChI is InChI=1S/C16H13N3S/c1-3-7-15-13(5-1)19(10-12-9-17-11-18-12)14-6-2-4-8-16(14)20-15/h1-9,11H,10H2,(H,17,18). The smallest absolute Gasteiger partial charge is 0.0922 e. The summed E-state index contributed by atoms with van der Waals surface area (Å²) in [6.45, 7) is 0.800. The van der Waals surface area contributed by atoms with Crippen LogP contribution in [0, 0.1) is 0 Å². The summed E-state index contributed by atoms with van der Waals surface area (Å²) in [4.78, 5) is 12.2. The van der Waals surface area contributed by atoms with Crippen molar-refractivity contribution in [2.75, 3.05) is 4.90 Å². The summed E-state index contributed by atoms with van der Waals surface area (Å²) in [5.41, 5.74) is 3.62. The zero-order chi connectivity index (χ0) is 13.4. The first-order chi connectivity index (χ1) is 9.92. The lowest BCUT2D eigenvalue weighted by molar-refractivity contribution is 0.910. The highest BCUT2D eigenvalue weighted by Crippen LogP contribution is 2.48. The van der Waals surface area contributed by atoms with Gasteiger partial charge in [0.1, 0.15) is 0 Å². The second kappa shape index (κ2) is 4.72. The summed E-state index contributed by atoms with van der Waals surface area (Å²) < 4.78 is 0. The summed E-state index contributed by atoms with van der Waals surface area (Å²) in [7, 11) is 0. The minimum atomic E-state index is 0.800. The quantitative estimate of drug-likeness (QED) is 0.762. The van der Waals surface area contributed by atoms with Crippen molar-refractivity contribution < 1.29 is 0 Å². The van der Waals surface area contributed by atoms with Crippen LogP contribution < -0.4 is 4.90 Å². The average molecular weight is 279 g/mol. The molecule has 0 atom stereocenters. The molecule has 4 rings (SSSR count). The maximum atomic E-state index is 4.11. The fourth-order valence-electron chi connectivity index (χ4n) is 2.49. The highest BCUT2D eigenvalue weighted by atomic mass is 32.2. The number of rotatable bonds is 2. The van der Waals surface area contributed by atoms with Gasteiger partial charge in [-0.25, -0.2) is 4.98 Å². The second-order valence-electron chi connectivity index (χ2n) is 4.70. The maximum Gasteiger partial charge on any atom is 0.0922 e. The fraction of sp³-hybridized carbons (Fsp3) is 0.0625. The molecule has 2 heterocycles. The Hall–Kier alpha value is -2.20. The Labute approximate surface area is 121 Å². The molecule has 0 spiro atoms. The third-order valence-corrected chi connectivity index (χ3v) is 4.55. The molecule has 1 aliphatic rings. The number of H-pyrrole nitrogens is 1. The van der Waals surface area contributed by atoms with Crippen LogP contribution in [0.25, 0.3) is 0 Å². The van der Waals surface area contributed by atoms with Crippen molar-refractivity contribution in [3.63, 3.8) is 0 Å². The third kappa shape index (κ3) is 1.89. The van der Waals surface area contributed by atoms with E-state index < -0.39 is 0 Å². The van der Waals surface area contributed by atoms with Crippen LogP contribution in [0.15, 0.2) is 70.8 Å². The van der Waals surface area contributed by atoms with Crippen LogP contribution in [0.3, 0.4) is 0 Å². The fourth-order valence-corrected chi connectivity index (χ4v) is 3.59. The number of nitrogens with one attached hydrogen (secondary N) is 1. The first-order valence-corrected chi connectivity index (χ1v) is 7.34. The van der Waals surface area contributed by atoms with Gasteiger partial charge in [0.15, 0.2) is 0 Å². The van der Waals surface area contributed by atoms with Crippen molar-refractivity contribution in [3.05, 3.63) is 66.7 Å². The Morgan fingerprint density at radius 1 is 0.950 bits per heavy atom. The van der Waals surface area contributed by atoms with Crippen LogP contribution >= 0.6 is 11.8 Å². The molecule has 3 aromatic rings. The predicted molar refractivity (Wildman–Crippen MR) is 81.4 cm³/mol. The van der Waals surface area contributed by atoms with Crippen LogP contribution in [0.2, 0.25) is 0 Å². The third-order valence-electron chi connectivity index (χ3n) is 3.42. The van der Waals surface area contributed by atoms with E-state index >= 15 is 0 Å². The number of aromatic nitrogens is 2. The van der Waals surface area contributed by atoms with E-state index in [1.807, 2.05) is 18.0 Å². The van der Waals surface area contributed by atoms with Crippen molar-refractivity contribution in [2.24, 2.45) is 0 Å². The van der Waals surface area contributed by atoms with E-state index in [4.69, 9.17) is 0 Å². The van der Waals surface area contributed by atoms with Crippen molar-refractivity contribution in [2.45, 2.75) is 16.3 Å². The molecule has 2 aromatic carbocycles. The summed E-state index contributed by atoms with van der Waals surface area (Å²) in [5.74, 6) is 0. The van der Waals surface area contributed by atoms with E-state index in [1.165, 1.54) is 21.2 Å². The molecule has 0 saturated heterocycles.